The molecule has 0 saturated carbocycles. The highest BCUT2D eigenvalue weighted by atomic mass is 32.2. The van der Waals surface area contributed by atoms with Gasteiger partial charge in [0.15, 0.2) is 0 Å². The van der Waals surface area contributed by atoms with Crippen LogP contribution in [0.15, 0.2) is 47.4 Å². The van der Waals surface area contributed by atoms with Crippen molar-refractivity contribution in [1.29, 1.82) is 0 Å². The number of nitrogens with zero attached hydrogens (tertiary/aromatic N) is 2. The number of hydrogen-bond donors (Lipinski definition) is 1. The van der Waals surface area contributed by atoms with Crippen molar-refractivity contribution in [3.63, 3.8) is 0 Å². The number of hydrogen-bond acceptors (Lipinski definition) is 5. The van der Waals surface area contributed by atoms with Crippen LogP contribution in [-0.2, 0) is 13.1 Å². The Balaban J connectivity index is 1.60. The SMILES string of the molecule is CSc1ccc([N+](=O)[O-])c(C(=O)NCc2ccc(CN3CCCCC3)cc2)c1. The van der Waals surface area contributed by atoms with E-state index in [1.807, 2.05) is 18.4 Å². The Morgan fingerprint density at radius 1 is 1.11 bits per heavy atom. The molecule has 0 aromatic heterocycles. The molecule has 1 saturated heterocycles. The van der Waals surface area contributed by atoms with Crippen LogP contribution in [0.25, 0.3) is 0 Å². The zero-order chi connectivity index (χ0) is 19.9. The maximum atomic E-state index is 12.5. The first kappa shape index (κ1) is 20.4. The van der Waals surface area contributed by atoms with E-state index in [4.69, 9.17) is 0 Å². The molecule has 148 valence electrons. The minimum absolute atomic E-state index is 0.0959. The summed E-state index contributed by atoms with van der Waals surface area (Å²) in [6.07, 6.45) is 5.74. The number of carbonyl (C=O) groups excluding carboxylic acids is 1. The Hall–Kier alpha value is -2.38. The van der Waals surface area contributed by atoms with E-state index in [2.05, 4.69) is 22.3 Å². The number of amides is 1. The first-order valence-electron chi connectivity index (χ1n) is 9.47. The number of thioether (sulfide) groups is 1. The molecular weight excluding hydrogens is 374 g/mol. The standard InChI is InChI=1S/C21H25N3O3S/c1-28-18-9-10-20(24(26)27)19(13-18)21(25)22-14-16-5-7-17(8-6-16)15-23-11-3-2-4-12-23/h5-10,13H,2-4,11-12,14-15H2,1H3,(H,22,25). The van der Waals surface area contributed by atoms with Crippen molar-refractivity contribution in [3.8, 4) is 0 Å². The minimum Gasteiger partial charge on any atom is -0.348 e. The van der Waals surface area contributed by atoms with E-state index < -0.39 is 10.8 Å². The lowest BCUT2D eigenvalue weighted by atomic mass is 10.1. The van der Waals surface area contributed by atoms with E-state index in [0.29, 0.717) is 6.54 Å². The Labute approximate surface area is 169 Å². The van der Waals surface area contributed by atoms with Gasteiger partial charge in [0, 0.05) is 24.1 Å². The predicted molar refractivity (Wildman–Crippen MR) is 112 cm³/mol. The summed E-state index contributed by atoms with van der Waals surface area (Å²) in [5.41, 5.74) is 2.16. The molecule has 2 aromatic carbocycles. The largest absolute Gasteiger partial charge is 0.348 e. The molecule has 7 heteroatoms. The topological polar surface area (TPSA) is 75.5 Å². The molecule has 1 aliphatic rings. The lowest BCUT2D eigenvalue weighted by Gasteiger charge is -2.26. The van der Waals surface area contributed by atoms with Crippen molar-refractivity contribution >= 4 is 23.4 Å². The number of likely N-dealkylation sites (tertiary alicyclic amines) is 1. The fourth-order valence-electron chi connectivity index (χ4n) is 3.40. The van der Waals surface area contributed by atoms with E-state index in [-0.39, 0.29) is 11.3 Å². The Morgan fingerprint density at radius 2 is 1.79 bits per heavy atom. The molecule has 0 atom stereocenters. The molecule has 3 rings (SSSR count). The maximum Gasteiger partial charge on any atom is 0.282 e. The highest BCUT2D eigenvalue weighted by Crippen LogP contribution is 2.24. The molecule has 0 spiro atoms. The van der Waals surface area contributed by atoms with Crippen LogP contribution < -0.4 is 5.32 Å². The first-order valence-corrected chi connectivity index (χ1v) is 10.7. The molecule has 1 aliphatic heterocycles. The van der Waals surface area contributed by atoms with Gasteiger partial charge < -0.3 is 5.32 Å². The molecule has 0 unspecified atom stereocenters. The summed E-state index contributed by atoms with van der Waals surface area (Å²) >= 11 is 1.44. The van der Waals surface area contributed by atoms with Gasteiger partial charge in [-0.3, -0.25) is 19.8 Å². The van der Waals surface area contributed by atoms with Gasteiger partial charge in [0.25, 0.3) is 11.6 Å². The maximum absolute atomic E-state index is 12.5. The second-order valence-electron chi connectivity index (χ2n) is 6.98. The molecule has 1 fully saturated rings. The number of benzene rings is 2. The van der Waals surface area contributed by atoms with Gasteiger partial charge in [-0.15, -0.1) is 11.8 Å². The summed E-state index contributed by atoms with van der Waals surface area (Å²) in [7, 11) is 0. The van der Waals surface area contributed by atoms with E-state index >= 15 is 0 Å². The lowest BCUT2D eigenvalue weighted by molar-refractivity contribution is -0.385. The van der Waals surface area contributed by atoms with Crippen molar-refractivity contribution in [1.82, 2.24) is 10.2 Å². The lowest BCUT2D eigenvalue weighted by Crippen LogP contribution is -2.29. The Morgan fingerprint density at radius 3 is 2.43 bits per heavy atom. The van der Waals surface area contributed by atoms with Crippen LogP contribution in [0.4, 0.5) is 5.69 Å². The Kier molecular flexibility index (Phi) is 7.06. The number of nitro groups is 1. The van der Waals surface area contributed by atoms with Crippen molar-refractivity contribution in [2.45, 2.75) is 37.2 Å². The molecule has 0 aliphatic carbocycles. The third-order valence-electron chi connectivity index (χ3n) is 4.98. The van der Waals surface area contributed by atoms with E-state index in [9.17, 15) is 14.9 Å². The summed E-state index contributed by atoms with van der Waals surface area (Å²) in [6, 6.07) is 12.8. The van der Waals surface area contributed by atoms with Crippen molar-refractivity contribution in [2.24, 2.45) is 0 Å². The van der Waals surface area contributed by atoms with Crippen LogP contribution >= 0.6 is 11.8 Å². The Bertz CT molecular complexity index is 833. The number of piperidine rings is 1. The number of nitrogens with one attached hydrogen (secondary N) is 1. The van der Waals surface area contributed by atoms with Gasteiger partial charge >= 0.3 is 0 Å². The fraction of sp³-hybridized carbons (Fsp3) is 0.381. The smallest absolute Gasteiger partial charge is 0.282 e. The zero-order valence-electron chi connectivity index (χ0n) is 16.0. The molecule has 0 bridgehead atoms. The number of carbonyl (C=O) groups is 1. The molecule has 6 nitrogen and oxygen atoms in total. The van der Waals surface area contributed by atoms with Crippen LogP contribution in [0, 0.1) is 10.1 Å². The van der Waals surface area contributed by atoms with Gasteiger partial charge in [0.2, 0.25) is 0 Å². The van der Waals surface area contributed by atoms with Gasteiger partial charge in [-0.25, -0.2) is 0 Å². The average Bonchev–Trinajstić information content (AvgIpc) is 2.73. The van der Waals surface area contributed by atoms with E-state index in [0.717, 1.165) is 30.1 Å². The zero-order valence-corrected chi connectivity index (χ0v) is 16.8. The van der Waals surface area contributed by atoms with Crippen LogP contribution in [0.2, 0.25) is 0 Å². The molecule has 28 heavy (non-hydrogen) atoms. The van der Waals surface area contributed by atoms with E-state index in [1.54, 1.807) is 12.1 Å². The van der Waals surface area contributed by atoms with Crippen LogP contribution in [-0.4, -0.2) is 35.1 Å². The quantitative estimate of drug-likeness (QED) is 0.428. The molecule has 1 amide bonds. The average molecular weight is 400 g/mol. The van der Waals surface area contributed by atoms with Crippen LogP contribution in [0.1, 0.15) is 40.7 Å². The van der Waals surface area contributed by atoms with Gasteiger partial charge in [0.1, 0.15) is 5.56 Å². The van der Waals surface area contributed by atoms with Gasteiger partial charge in [-0.05, 0) is 55.4 Å². The normalized spacial score (nSPS) is 14.6. The van der Waals surface area contributed by atoms with Crippen molar-refractivity contribution in [2.75, 3.05) is 19.3 Å². The van der Waals surface area contributed by atoms with Crippen LogP contribution in [0.5, 0.6) is 0 Å². The summed E-state index contributed by atoms with van der Waals surface area (Å²) in [5, 5.41) is 14.0. The summed E-state index contributed by atoms with van der Waals surface area (Å²) in [5.74, 6) is -0.431. The van der Waals surface area contributed by atoms with Crippen molar-refractivity contribution in [3.05, 3.63) is 69.3 Å². The second-order valence-corrected chi connectivity index (χ2v) is 7.86. The first-order chi connectivity index (χ1) is 13.6. The van der Waals surface area contributed by atoms with E-state index in [1.165, 1.54) is 42.7 Å². The molecular formula is C21H25N3O3S. The summed E-state index contributed by atoms with van der Waals surface area (Å²) in [4.78, 5) is 26.5. The van der Waals surface area contributed by atoms with Gasteiger partial charge in [-0.1, -0.05) is 30.7 Å². The van der Waals surface area contributed by atoms with Crippen LogP contribution in [0.3, 0.4) is 0 Å². The monoisotopic (exact) mass is 399 g/mol. The molecule has 1 heterocycles. The second kappa shape index (κ2) is 9.71. The summed E-state index contributed by atoms with van der Waals surface area (Å²) < 4.78 is 0. The van der Waals surface area contributed by atoms with Gasteiger partial charge in [-0.2, -0.15) is 0 Å². The molecule has 1 N–H and O–H groups in total. The third-order valence-corrected chi connectivity index (χ3v) is 5.70. The minimum atomic E-state index is -0.519. The number of rotatable bonds is 7. The predicted octanol–water partition coefficient (Wildman–Crippen LogP) is 4.23. The number of nitro benzene ring substituents is 1. The fourth-order valence-corrected chi connectivity index (χ4v) is 3.84. The van der Waals surface area contributed by atoms with Crippen molar-refractivity contribution < 1.29 is 9.72 Å². The molecule has 2 aromatic rings. The molecule has 0 radical (unpaired) electrons. The summed E-state index contributed by atoms with van der Waals surface area (Å²) in [6.45, 7) is 3.61. The third kappa shape index (κ3) is 5.33. The van der Waals surface area contributed by atoms with Gasteiger partial charge in [0.05, 0.1) is 4.92 Å². The highest BCUT2D eigenvalue weighted by molar-refractivity contribution is 7.98. The highest BCUT2D eigenvalue weighted by Gasteiger charge is 2.20.